The first kappa shape index (κ1) is 16.2. The summed E-state index contributed by atoms with van der Waals surface area (Å²) in [6.45, 7) is 3.52. The van der Waals surface area contributed by atoms with E-state index in [0.717, 1.165) is 31.9 Å². The fraction of sp³-hybridized carbons (Fsp3) is 0.500. The van der Waals surface area contributed by atoms with Crippen LogP contribution in [0.1, 0.15) is 28.8 Å². The summed E-state index contributed by atoms with van der Waals surface area (Å²) in [7, 11) is 3.38. The van der Waals surface area contributed by atoms with Crippen LogP contribution in [0.3, 0.4) is 0 Å². The summed E-state index contributed by atoms with van der Waals surface area (Å²) in [6.07, 6.45) is -0.767. The van der Waals surface area contributed by atoms with Crippen molar-refractivity contribution in [3.05, 3.63) is 39.8 Å². The largest absolute Gasteiger partial charge is 0.386 e. The lowest BCUT2D eigenvalue weighted by Crippen LogP contribution is -2.33. The van der Waals surface area contributed by atoms with Gasteiger partial charge in [-0.15, -0.1) is 11.3 Å². The molecule has 1 N–H and O–H groups in total. The van der Waals surface area contributed by atoms with Crippen LogP contribution in [0.2, 0.25) is 0 Å². The highest BCUT2D eigenvalue weighted by Gasteiger charge is 2.23. The van der Waals surface area contributed by atoms with Crippen molar-refractivity contribution >= 4 is 17.2 Å². The van der Waals surface area contributed by atoms with Gasteiger partial charge in [-0.2, -0.15) is 5.10 Å². The first-order valence-corrected chi connectivity index (χ1v) is 8.60. The zero-order chi connectivity index (χ0) is 16.4. The first-order chi connectivity index (χ1) is 11.0. The quantitative estimate of drug-likeness (QED) is 0.899. The summed E-state index contributed by atoms with van der Waals surface area (Å²) >= 11 is 1.77. The molecule has 1 aliphatic rings. The Labute approximate surface area is 139 Å². The lowest BCUT2D eigenvalue weighted by atomic mass is 10.1. The number of rotatable bonds is 5. The predicted molar refractivity (Wildman–Crippen MR) is 88.9 cm³/mol. The first-order valence-electron chi connectivity index (χ1n) is 7.72. The number of carbonyl (C=O) groups excluding carboxylic acids is 1. The molecule has 1 atom stereocenters. The molecule has 3 heterocycles. The Hall–Kier alpha value is -1.70. The summed E-state index contributed by atoms with van der Waals surface area (Å²) in [5, 5.41) is 16.8. The molecule has 0 unspecified atom stereocenters. The van der Waals surface area contributed by atoms with Gasteiger partial charge in [0.05, 0.1) is 24.4 Å². The van der Waals surface area contributed by atoms with E-state index in [1.165, 1.54) is 9.78 Å². The van der Waals surface area contributed by atoms with Gasteiger partial charge in [0.15, 0.2) is 0 Å². The van der Waals surface area contributed by atoms with E-state index in [-0.39, 0.29) is 12.3 Å². The number of thiophene rings is 1. The molecule has 1 amide bonds. The van der Waals surface area contributed by atoms with E-state index in [4.69, 9.17) is 0 Å². The smallest absolute Gasteiger partial charge is 0.225 e. The van der Waals surface area contributed by atoms with E-state index in [1.54, 1.807) is 25.4 Å². The molecule has 0 saturated heterocycles. The molecule has 0 aliphatic carbocycles. The minimum absolute atomic E-state index is 0.0718. The maximum Gasteiger partial charge on any atom is 0.225 e. The Bertz CT molecular complexity index is 666. The molecule has 0 fully saturated rings. The van der Waals surface area contributed by atoms with Crippen LogP contribution in [0.25, 0.3) is 0 Å². The lowest BCUT2D eigenvalue weighted by molar-refractivity contribution is -0.130. The van der Waals surface area contributed by atoms with Gasteiger partial charge < -0.3 is 10.0 Å². The van der Waals surface area contributed by atoms with Crippen molar-refractivity contribution in [1.29, 1.82) is 0 Å². The van der Waals surface area contributed by atoms with Crippen molar-refractivity contribution < 1.29 is 9.90 Å². The van der Waals surface area contributed by atoms with Crippen molar-refractivity contribution in [2.75, 3.05) is 20.6 Å². The SMILES string of the molecule is CN(C)C(=O)C[C@H](O)c1cc2n(n1)CCN(Cc1cccs1)C2. The summed E-state index contributed by atoms with van der Waals surface area (Å²) in [6, 6.07) is 6.15. The third-order valence-corrected chi connectivity index (χ3v) is 4.92. The van der Waals surface area contributed by atoms with Gasteiger partial charge in [-0.1, -0.05) is 6.07 Å². The van der Waals surface area contributed by atoms with Gasteiger partial charge in [-0.3, -0.25) is 14.4 Å². The second-order valence-corrected chi connectivity index (χ2v) is 7.11. The molecule has 0 saturated carbocycles. The molecular formula is C16H22N4O2S. The van der Waals surface area contributed by atoms with Gasteiger partial charge in [0.1, 0.15) is 6.10 Å². The predicted octanol–water partition coefficient (Wildman–Crippen LogP) is 1.47. The summed E-state index contributed by atoms with van der Waals surface area (Å²) in [4.78, 5) is 16.9. The number of aromatic nitrogens is 2. The highest BCUT2D eigenvalue weighted by atomic mass is 32.1. The summed E-state index contributed by atoms with van der Waals surface area (Å²) in [5.74, 6) is -0.0946. The number of fused-ring (bicyclic) bond motifs is 1. The number of hydrogen-bond donors (Lipinski definition) is 1. The molecule has 0 aromatic carbocycles. The van der Waals surface area contributed by atoms with Gasteiger partial charge in [0.2, 0.25) is 5.91 Å². The molecule has 0 bridgehead atoms. The average molecular weight is 334 g/mol. The van der Waals surface area contributed by atoms with E-state index in [9.17, 15) is 9.90 Å². The average Bonchev–Trinajstić information content (AvgIpc) is 3.15. The fourth-order valence-corrected chi connectivity index (χ4v) is 3.46. The van der Waals surface area contributed by atoms with Gasteiger partial charge in [0, 0.05) is 38.6 Å². The van der Waals surface area contributed by atoms with Gasteiger partial charge in [0.25, 0.3) is 0 Å². The zero-order valence-electron chi connectivity index (χ0n) is 13.5. The number of carbonyl (C=O) groups is 1. The van der Waals surface area contributed by atoms with E-state index in [2.05, 4.69) is 27.5 Å². The minimum Gasteiger partial charge on any atom is -0.386 e. The van der Waals surface area contributed by atoms with E-state index >= 15 is 0 Å². The van der Waals surface area contributed by atoms with Crippen molar-refractivity contribution in [3.63, 3.8) is 0 Å². The Kier molecular flexibility index (Phi) is 4.79. The standard InChI is InChI=1S/C16H22N4O2S/c1-18(2)16(22)9-15(21)14-8-12-10-19(5-6-20(12)17-14)11-13-4-3-7-23-13/h3-4,7-8,15,21H,5-6,9-11H2,1-2H3/t15-/m0/s1. The Morgan fingerprint density at radius 2 is 2.30 bits per heavy atom. The lowest BCUT2D eigenvalue weighted by Gasteiger charge is -2.26. The number of amides is 1. The molecule has 0 radical (unpaired) electrons. The molecular weight excluding hydrogens is 312 g/mol. The van der Waals surface area contributed by atoms with Crippen LogP contribution in [0, 0.1) is 0 Å². The molecule has 23 heavy (non-hydrogen) atoms. The van der Waals surface area contributed by atoms with Crippen molar-refractivity contribution in [2.45, 2.75) is 32.2 Å². The second-order valence-electron chi connectivity index (χ2n) is 6.08. The molecule has 3 rings (SSSR count). The number of aliphatic hydroxyl groups is 1. The van der Waals surface area contributed by atoms with Crippen LogP contribution in [0.4, 0.5) is 0 Å². The normalized spacial score (nSPS) is 16.1. The van der Waals surface area contributed by atoms with Gasteiger partial charge in [-0.25, -0.2) is 0 Å². The van der Waals surface area contributed by atoms with Crippen LogP contribution >= 0.6 is 11.3 Å². The molecule has 1 aliphatic heterocycles. The van der Waals surface area contributed by atoms with Gasteiger partial charge >= 0.3 is 0 Å². The number of nitrogens with zero attached hydrogens (tertiary/aromatic N) is 4. The van der Waals surface area contributed by atoms with Crippen LogP contribution in [0.5, 0.6) is 0 Å². The second kappa shape index (κ2) is 6.82. The maximum atomic E-state index is 11.7. The van der Waals surface area contributed by atoms with Crippen molar-refractivity contribution in [1.82, 2.24) is 19.6 Å². The third-order valence-electron chi connectivity index (χ3n) is 4.06. The highest BCUT2D eigenvalue weighted by molar-refractivity contribution is 7.09. The highest BCUT2D eigenvalue weighted by Crippen LogP contribution is 2.22. The number of hydrogen-bond acceptors (Lipinski definition) is 5. The molecule has 0 spiro atoms. The minimum atomic E-state index is -0.839. The van der Waals surface area contributed by atoms with Gasteiger partial charge in [-0.05, 0) is 17.5 Å². The molecule has 7 heteroatoms. The molecule has 6 nitrogen and oxygen atoms in total. The third kappa shape index (κ3) is 3.80. The Morgan fingerprint density at radius 1 is 1.48 bits per heavy atom. The van der Waals surface area contributed by atoms with Crippen molar-refractivity contribution in [2.24, 2.45) is 0 Å². The van der Waals surface area contributed by atoms with Crippen LogP contribution < -0.4 is 0 Å². The molecule has 124 valence electrons. The topological polar surface area (TPSA) is 61.6 Å². The van der Waals surface area contributed by atoms with Crippen molar-refractivity contribution in [3.8, 4) is 0 Å². The number of aliphatic hydroxyl groups excluding tert-OH is 1. The van der Waals surface area contributed by atoms with Crippen LogP contribution in [-0.4, -0.2) is 51.2 Å². The molecule has 2 aromatic heterocycles. The Balaban J connectivity index is 1.65. The Morgan fingerprint density at radius 3 is 3.00 bits per heavy atom. The van der Waals surface area contributed by atoms with E-state index in [1.807, 2.05) is 10.7 Å². The fourth-order valence-electron chi connectivity index (χ4n) is 2.72. The van der Waals surface area contributed by atoms with Crippen LogP contribution in [-0.2, 0) is 24.4 Å². The zero-order valence-corrected chi connectivity index (χ0v) is 14.3. The van der Waals surface area contributed by atoms with Crippen LogP contribution in [0.15, 0.2) is 23.6 Å². The van der Waals surface area contributed by atoms with E-state index in [0.29, 0.717) is 5.69 Å². The summed E-state index contributed by atoms with van der Waals surface area (Å²) < 4.78 is 1.95. The molecule has 2 aromatic rings. The maximum absolute atomic E-state index is 11.7. The summed E-state index contributed by atoms with van der Waals surface area (Å²) in [5.41, 5.74) is 1.69. The monoisotopic (exact) mass is 334 g/mol. The van der Waals surface area contributed by atoms with E-state index < -0.39 is 6.10 Å².